The fraction of sp³-hybridized carbons (Fsp3) is 0.364. The summed E-state index contributed by atoms with van der Waals surface area (Å²) in [6.45, 7) is -0.0295. The van der Waals surface area contributed by atoms with E-state index >= 15 is 0 Å². The standard InChI is InChI=1S/C11H13NO2/c12-8-11(14)10(6-7-13)9-4-2-1-3-5-9/h1-5,10-11,13-14H,6-7H2. The van der Waals surface area contributed by atoms with Gasteiger partial charge in [0.2, 0.25) is 0 Å². The molecule has 0 saturated carbocycles. The summed E-state index contributed by atoms with van der Waals surface area (Å²) in [6.07, 6.45) is -0.650. The number of aliphatic hydroxyl groups is 2. The molecule has 0 fully saturated rings. The first kappa shape index (κ1) is 10.7. The van der Waals surface area contributed by atoms with Crippen molar-refractivity contribution in [2.24, 2.45) is 0 Å². The van der Waals surface area contributed by atoms with Crippen molar-refractivity contribution in [3.63, 3.8) is 0 Å². The van der Waals surface area contributed by atoms with Crippen LogP contribution in [0.1, 0.15) is 17.9 Å². The highest BCUT2D eigenvalue weighted by molar-refractivity contribution is 5.22. The lowest BCUT2D eigenvalue weighted by Gasteiger charge is -2.16. The van der Waals surface area contributed by atoms with Crippen LogP contribution in [0.15, 0.2) is 30.3 Å². The minimum atomic E-state index is -1.05. The van der Waals surface area contributed by atoms with Gasteiger partial charge in [0.1, 0.15) is 6.10 Å². The lowest BCUT2D eigenvalue weighted by Crippen LogP contribution is -2.17. The number of hydrogen-bond acceptors (Lipinski definition) is 3. The summed E-state index contributed by atoms with van der Waals surface area (Å²) in [5.41, 5.74) is 0.885. The van der Waals surface area contributed by atoms with Crippen LogP contribution in [-0.4, -0.2) is 22.9 Å². The molecule has 0 heterocycles. The summed E-state index contributed by atoms with van der Waals surface area (Å²) in [5.74, 6) is -0.300. The third-order valence-electron chi connectivity index (χ3n) is 2.18. The maximum Gasteiger partial charge on any atom is 0.147 e. The summed E-state index contributed by atoms with van der Waals surface area (Å²) in [5, 5.41) is 26.9. The maximum atomic E-state index is 9.43. The molecule has 0 saturated heterocycles. The molecule has 2 unspecified atom stereocenters. The Labute approximate surface area is 83.2 Å². The van der Waals surface area contributed by atoms with E-state index in [9.17, 15) is 5.11 Å². The largest absolute Gasteiger partial charge is 0.396 e. The number of nitrogens with zero attached hydrogens (tertiary/aromatic N) is 1. The van der Waals surface area contributed by atoms with Crippen molar-refractivity contribution in [3.8, 4) is 6.07 Å². The Hall–Kier alpha value is -1.37. The molecule has 0 aliphatic carbocycles. The Morgan fingerprint density at radius 3 is 2.43 bits per heavy atom. The highest BCUT2D eigenvalue weighted by atomic mass is 16.3. The number of rotatable bonds is 4. The van der Waals surface area contributed by atoms with Gasteiger partial charge in [0.05, 0.1) is 6.07 Å². The van der Waals surface area contributed by atoms with Crippen molar-refractivity contribution in [1.29, 1.82) is 5.26 Å². The molecule has 74 valence electrons. The summed E-state index contributed by atoms with van der Waals surface area (Å²) in [4.78, 5) is 0. The molecule has 0 radical (unpaired) electrons. The van der Waals surface area contributed by atoms with Crippen LogP contribution in [0.5, 0.6) is 0 Å². The average molecular weight is 191 g/mol. The second kappa shape index (κ2) is 5.38. The average Bonchev–Trinajstić information content (AvgIpc) is 2.26. The molecule has 1 aromatic carbocycles. The monoisotopic (exact) mass is 191 g/mol. The minimum absolute atomic E-state index is 0.0295. The number of nitriles is 1. The summed E-state index contributed by atoms with van der Waals surface area (Å²) in [7, 11) is 0. The fourth-order valence-electron chi connectivity index (χ4n) is 1.44. The van der Waals surface area contributed by atoms with Gasteiger partial charge in [-0.3, -0.25) is 0 Å². The van der Waals surface area contributed by atoms with Gasteiger partial charge < -0.3 is 10.2 Å². The Bertz CT molecular complexity index is 305. The van der Waals surface area contributed by atoms with E-state index in [-0.39, 0.29) is 12.5 Å². The molecule has 0 aliphatic rings. The van der Waals surface area contributed by atoms with Crippen LogP contribution < -0.4 is 0 Å². The van der Waals surface area contributed by atoms with Gasteiger partial charge in [-0.05, 0) is 12.0 Å². The Morgan fingerprint density at radius 1 is 1.29 bits per heavy atom. The lowest BCUT2D eigenvalue weighted by atomic mass is 9.91. The fourth-order valence-corrected chi connectivity index (χ4v) is 1.44. The predicted molar refractivity (Wildman–Crippen MR) is 52.5 cm³/mol. The predicted octanol–water partition coefficient (Wildman–Crippen LogP) is 1.04. The third kappa shape index (κ3) is 2.56. The topological polar surface area (TPSA) is 64.2 Å². The second-order valence-corrected chi connectivity index (χ2v) is 3.10. The van der Waals surface area contributed by atoms with E-state index in [1.54, 1.807) is 6.07 Å². The molecule has 0 aliphatic heterocycles. The normalized spacial score (nSPS) is 14.4. The molecule has 0 spiro atoms. The van der Waals surface area contributed by atoms with Gasteiger partial charge in [0.15, 0.2) is 0 Å². The molecule has 0 bridgehead atoms. The lowest BCUT2D eigenvalue weighted by molar-refractivity contribution is 0.171. The van der Waals surface area contributed by atoms with Crippen LogP contribution >= 0.6 is 0 Å². The second-order valence-electron chi connectivity index (χ2n) is 3.10. The highest BCUT2D eigenvalue weighted by Gasteiger charge is 2.19. The molecule has 1 aromatic rings. The SMILES string of the molecule is N#CC(O)C(CCO)c1ccccc1. The molecule has 3 heteroatoms. The molecular weight excluding hydrogens is 178 g/mol. The first-order valence-electron chi connectivity index (χ1n) is 4.53. The van der Waals surface area contributed by atoms with E-state index < -0.39 is 6.10 Å². The van der Waals surface area contributed by atoms with Crippen molar-refractivity contribution in [3.05, 3.63) is 35.9 Å². The van der Waals surface area contributed by atoms with E-state index in [1.165, 1.54) is 0 Å². The maximum absolute atomic E-state index is 9.43. The van der Waals surface area contributed by atoms with Crippen molar-refractivity contribution in [2.45, 2.75) is 18.4 Å². The van der Waals surface area contributed by atoms with Crippen LogP contribution in [0.4, 0.5) is 0 Å². The number of aliphatic hydroxyl groups excluding tert-OH is 2. The quantitative estimate of drug-likeness (QED) is 0.699. The Balaban J connectivity index is 2.84. The summed E-state index contributed by atoms with van der Waals surface area (Å²) < 4.78 is 0. The first-order valence-corrected chi connectivity index (χ1v) is 4.53. The Morgan fingerprint density at radius 2 is 1.93 bits per heavy atom. The van der Waals surface area contributed by atoms with Crippen LogP contribution in [0.3, 0.4) is 0 Å². The van der Waals surface area contributed by atoms with E-state index in [1.807, 2.05) is 30.3 Å². The van der Waals surface area contributed by atoms with Crippen molar-refractivity contribution in [2.75, 3.05) is 6.61 Å². The zero-order valence-corrected chi connectivity index (χ0v) is 7.80. The van der Waals surface area contributed by atoms with E-state index in [2.05, 4.69) is 0 Å². The molecule has 2 N–H and O–H groups in total. The Kier molecular flexibility index (Phi) is 4.11. The molecule has 0 aromatic heterocycles. The molecule has 1 rings (SSSR count). The van der Waals surface area contributed by atoms with E-state index in [0.717, 1.165) is 5.56 Å². The van der Waals surface area contributed by atoms with Gasteiger partial charge in [-0.15, -0.1) is 0 Å². The van der Waals surface area contributed by atoms with Crippen molar-refractivity contribution in [1.82, 2.24) is 0 Å². The molecule has 14 heavy (non-hydrogen) atoms. The van der Waals surface area contributed by atoms with Crippen LogP contribution in [0.25, 0.3) is 0 Å². The minimum Gasteiger partial charge on any atom is -0.396 e. The first-order chi connectivity index (χ1) is 6.79. The van der Waals surface area contributed by atoms with Gasteiger partial charge in [0, 0.05) is 12.5 Å². The van der Waals surface area contributed by atoms with Crippen LogP contribution in [0.2, 0.25) is 0 Å². The number of benzene rings is 1. The molecular formula is C11H13NO2. The molecule has 2 atom stereocenters. The smallest absolute Gasteiger partial charge is 0.147 e. The zero-order valence-electron chi connectivity index (χ0n) is 7.80. The summed E-state index contributed by atoms with van der Waals surface area (Å²) in [6, 6.07) is 11.1. The third-order valence-corrected chi connectivity index (χ3v) is 2.18. The zero-order chi connectivity index (χ0) is 10.4. The van der Waals surface area contributed by atoms with Crippen LogP contribution in [-0.2, 0) is 0 Å². The number of hydrogen-bond donors (Lipinski definition) is 2. The molecule has 0 amide bonds. The van der Waals surface area contributed by atoms with Gasteiger partial charge >= 0.3 is 0 Å². The van der Waals surface area contributed by atoms with Gasteiger partial charge in [-0.25, -0.2) is 0 Å². The van der Waals surface area contributed by atoms with Gasteiger partial charge in [-0.1, -0.05) is 30.3 Å². The highest BCUT2D eigenvalue weighted by Crippen LogP contribution is 2.22. The van der Waals surface area contributed by atoms with Gasteiger partial charge in [0.25, 0.3) is 0 Å². The molecule has 3 nitrogen and oxygen atoms in total. The van der Waals surface area contributed by atoms with Crippen molar-refractivity contribution >= 4 is 0 Å². The summed E-state index contributed by atoms with van der Waals surface area (Å²) >= 11 is 0. The van der Waals surface area contributed by atoms with E-state index in [0.29, 0.717) is 6.42 Å². The van der Waals surface area contributed by atoms with Crippen LogP contribution in [0, 0.1) is 11.3 Å². The van der Waals surface area contributed by atoms with Gasteiger partial charge in [-0.2, -0.15) is 5.26 Å². The van der Waals surface area contributed by atoms with Crippen molar-refractivity contribution < 1.29 is 10.2 Å². The van der Waals surface area contributed by atoms with E-state index in [4.69, 9.17) is 10.4 Å².